The van der Waals surface area contributed by atoms with E-state index in [9.17, 15) is 0 Å². The zero-order valence-electron chi connectivity index (χ0n) is 7.16. The summed E-state index contributed by atoms with van der Waals surface area (Å²) in [7, 11) is 0. The molecule has 0 saturated carbocycles. The van der Waals surface area contributed by atoms with E-state index in [-0.39, 0.29) is 24.8 Å². The van der Waals surface area contributed by atoms with E-state index in [2.05, 4.69) is 11.9 Å². The van der Waals surface area contributed by atoms with Crippen LogP contribution in [-0.2, 0) is 6.42 Å². The lowest BCUT2D eigenvalue weighted by molar-refractivity contribution is 0.944. The van der Waals surface area contributed by atoms with Crippen molar-refractivity contribution in [1.29, 1.82) is 0 Å². The predicted octanol–water partition coefficient (Wildman–Crippen LogP) is 2.10. The maximum absolute atomic E-state index is 5.39. The number of halogens is 2. The fourth-order valence-electron chi connectivity index (χ4n) is 0.770. The second kappa shape index (κ2) is 6.66. The molecule has 2 nitrogen and oxygen atoms in total. The van der Waals surface area contributed by atoms with E-state index in [4.69, 9.17) is 5.73 Å². The van der Waals surface area contributed by atoms with Crippen molar-refractivity contribution in [3.8, 4) is 0 Å². The van der Waals surface area contributed by atoms with Crippen molar-refractivity contribution in [3.05, 3.63) is 15.6 Å². The van der Waals surface area contributed by atoms with Crippen molar-refractivity contribution >= 4 is 36.2 Å². The largest absolute Gasteiger partial charge is 0.330 e. The molecule has 0 amide bonds. The van der Waals surface area contributed by atoms with Crippen LogP contribution in [-0.4, -0.2) is 11.5 Å². The van der Waals surface area contributed by atoms with Crippen LogP contribution in [0.15, 0.2) is 0 Å². The normalized spacial score (nSPS) is 8.58. The number of aryl methyl sites for hydroxylation is 2. The van der Waals surface area contributed by atoms with Gasteiger partial charge in [-0.05, 0) is 20.4 Å². The minimum absolute atomic E-state index is 0. The lowest BCUT2D eigenvalue weighted by Gasteiger charge is -1.85. The number of rotatable bonds is 2. The van der Waals surface area contributed by atoms with Gasteiger partial charge in [0.1, 0.15) is 0 Å². The number of thiazole rings is 1. The van der Waals surface area contributed by atoms with E-state index in [0.29, 0.717) is 6.54 Å². The molecule has 72 valence electrons. The molecule has 0 aliphatic heterocycles. The molecule has 2 N–H and O–H groups in total. The Morgan fingerprint density at radius 2 is 1.92 bits per heavy atom. The highest BCUT2D eigenvalue weighted by atomic mass is 35.5. The van der Waals surface area contributed by atoms with Crippen LogP contribution in [0.1, 0.15) is 15.6 Å². The van der Waals surface area contributed by atoms with Gasteiger partial charge in [0.25, 0.3) is 0 Å². The molecule has 0 atom stereocenters. The first-order valence-electron chi connectivity index (χ1n) is 3.37. The molecule has 0 saturated heterocycles. The van der Waals surface area contributed by atoms with Crippen LogP contribution in [0.3, 0.4) is 0 Å². The summed E-state index contributed by atoms with van der Waals surface area (Å²) in [6.07, 6.45) is 0.916. The van der Waals surface area contributed by atoms with Gasteiger partial charge in [-0.1, -0.05) is 0 Å². The first-order valence-corrected chi connectivity index (χ1v) is 4.18. The Kier molecular flexibility index (Phi) is 8.15. The molecule has 0 fully saturated rings. The van der Waals surface area contributed by atoms with Crippen LogP contribution in [0, 0.1) is 13.8 Å². The Morgan fingerprint density at radius 3 is 2.25 bits per heavy atom. The third kappa shape index (κ3) is 3.72. The fraction of sp³-hybridized carbons (Fsp3) is 0.571. The second-order valence-electron chi connectivity index (χ2n) is 2.29. The van der Waals surface area contributed by atoms with Crippen molar-refractivity contribution in [2.45, 2.75) is 20.3 Å². The van der Waals surface area contributed by atoms with Crippen LogP contribution < -0.4 is 5.73 Å². The van der Waals surface area contributed by atoms with Crippen molar-refractivity contribution < 1.29 is 0 Å². The minimum atomic E-state index is 0. The Morgan fingerprint density at radius 1 is 1.33 bits per heavy atom. The third-order valence-corrected chi connectivity index (χ3v) is 2.56. The Labute approximate surface area is 89.4 Å². The molecule has 0 bridgehead atoms. The molecular weight excluding hydrogens is 215 g/mol. The van der Waals surface area contributed by atoms with Gasteiger partial charge in [-0.2, -0.15) is 0 Å². The van der Waals surface area contributed by atoms with E-state index in [1.165, 1.54) is 4.88 Å². The van der Waals surface area contributed by atoms with Gasteiger partial charge in [0.05, 0.1) is 10.7 Å². The zero-order valence-corrected chi connectivity index (χ0v) is 9.61. The Bertz CT molecular complexity index is 206. The quantitative estimate of drug-likeness (QED) is 0.843. The zero-order chi connectivity index (χ0) is 7.56. The van der Waals surface area contributed by atoms with E-state index >= 15 is 0 Å². The molecule has 1 rings (SSSR count). The van der Waals surface area contributed by atoms with Gasteiger partial charge in [0, 0.05) is 11.3 Å². The van der Waals surface area contributed by atoms with Gasteiger partial charge in [-0.15, -0.1) is 36.2 Å². The molecule has 1 aromatic heterocycles. The van der Waals surface area contributed by atoms with Crippen molar-refractivity contribution in [2.24, 2.45) is 5.73 Å². The summed E-state index contributed by atoms with van der Waals surface area (Å²) < 4.78 is 0. The second-order valence-corrected chi connectivity index (χ2v) is 3.58. The number of nitrogens with two attached hydrogens (primary N) is 1. The van der Waals surface area contributed by atoms with Gasteiger partial charge in [-0.3, -0.25) is 0 Å². The predicted molar refractivity (Wildman–Crippen MR) is 58.8 cm³/mol. The maximum Gasteiger partial charge on any atom is 0.0943 e. The van der Waals surface area contributed by atoms with Crippen molar-refractivity contribution in [2.75, 3.05) is 6.54 Å². The molecule has 0 aromatic carbocycles. The smallest absolute Gasteiger partial charge is 0.0943 e. The number of aromatic nitrogens is 1. The SMILES string of the molecule is Cc1nc(CCN)sc1C.Cl.Cl. The molecule has 0 aliphatic carbocycles. The summed E-state index contributed by atoms with van der Waals surface area (Å²) in [5.74, 6) is 0. The molecule has 1 heterocycles. The van der Waals surface area contributed by atoms with Crippen molar-refractivity contribution in [3.63, 3.8) is 0 Å². The highest BCUT2D eigenvalue weighted by molar-refractivity contribution is 7.11. The fourth-order valence-corrected chi connectivity index (χ4v) is 1.72. The summed E-state index contributed by atoms with van der Waals surface area (Å²) in [4.78, 5) is 5.65. The van der Waals surface area contributed by atoms with Gasteiger partial charge in [0.15, 0.2) is 0 Å². The molecule has 0 radical (unpaired) electrons. The molecule has 0 aliphatic rings. The van der Waals surface area contributed by atoms with Crippen LogP contribution >= 0.6 is 36.2 Å². The molecular formula is C7H14Cl2N2S. The Balaban J connectivity index is 0. The number of nitrogens with zero attached hydrogens (tertiary/aromatic N) is 1. The third-order valence-electron chi connectivity index (χ3n) is 1.43. The van der Waals surface area contributed by atoms with Gasteiger partial charge < -0.3 is 5.73 Å². The molecule has 0 spiro atoms. The number of hydrogen-bond donors (Lipinski definition) is 1. The summed E-state index contributed by atoms with van der Waals surface area (Å²) in [6, 6.07) is 0. The molecule has 0 unspecified atom stereocenters. The van der Waals surface area contributed by atoms with Gasteiger partial charge in [0.2, 0.25) is 0 Å². The highest BCUT2D eigenvalue weighted by Gasteiger charge is 2.00. The standard InChI is InChI=1S/C7H12N2S.2ClH/c1-5-6(2)10-7(9-5)3-4-8;;/h3-4,8H2,1-2H3;2*1H. The van der Waals surface area contributed by atoms with Crippen LogP contribution in [0.4, 0.5) is 0 Å². The van der Waals surface area contributed by atoms with Gasteiger partial charge in [-0.25, -0.2) is 4.98 Å². The van der Waals surface area contributed by atoms with Crippen LogP contribution in [0.2, 0.25) is 0 Å². The van der Waals surface area contributed by atoms with Crippen LogP contribution in [0.5, 0.6) is 0 Å². The van der Waals surface area contributed by atoms with E-state index in [0.717, 1.165) is 17.1 Å². The lowest BCUT2D eigenvalue weighted by atomic mass is 10.4. The number of hydrogen-bond acceptors (Lipinski definition) is 3. The maximum atomic E-state index is 5.39. The average molecular weight is 229 g/mol. The van der Waals surface area contributed by atoms with E-state index in [1.807, 2.05) is 6.92 Å². The van der Waals surface area contributed by atoms with Crippen molar-refractivity contribution in [1.82, 2.24) is 4.98 Å². The summed E-state index contributed by atoms with van der Waals surface area (Å²) in [5, 5.41) is 1.16. The summed E-state index contributed by atoms with van der Waals surface area (Å²) >= 11 is 1.75. The topological polar surface area (TPSA) is 38.9 Å². The molecule has 1 aromatic rings. The Hall–Kier alpha value is 0.170. The lowest BCUT2D eigenvalue weighted by Crippen LogP contribution is -2.01. The molecule has 12 heavy (non-hydrogen) atoms. The highest BCUT2D eigenvalue weighted by Crippen LogP contribution is 2.15. The van der Waals surface area contributed by atoms with Gasteiger partial charge >= 0.3 is 0 Å². The molecule has 5 heteroatoms. The van der Waals surface area contributed by atoms with E-state index < -0.39 is 0 Å². The van der Waals surface area contributed by atoms with Crippen LogP contribution in [0.25, 0.3) is 0 Å². The first kappa shape index (κ1) is 14.7. The first-order chi connectivity index (χ1) is 4.74. The minimum Gasteiger partial charge on any atom is -0.330 e. The summed E-state index contributed by atoms with van der Waals surface area (Å²) in [5.41, 5.74) is 6.53. The monoisotopic (exact) mass is 228 g/mol. The summed E-state index contributed by atoms with van der Waals surface area (Å²) in [6.45, 7) is 4.82. The van der Waals surface area contributed by atoms with E-state index in [1.54, 1.807) is 11.3 Å². The average Bonchev–Trinajstić information content (AvgIpc) is 2.14.